The number of aryl methyl sites for hydroxylation is 2. The van der Waals surface area contributed by atoms with Crippen LogP contribution in [0.2, 0.25) is 0 Å². The van der Waals surface area contributed by atoms with Crippen molar-refractivity contribution in [2.45, 2.75) is 66.3 Å². The van der Waals surface area contributed by atoms with E-state index in [1.807, 2.05) is 60.8 Å². The van der Waals surface area contributed by atoms with Crippen molar-refractivity contribution in [2.75, 3.05) is 32.8 Å². The molecule has 1 unspecified atom stereocenters. The highest BCUT2D eigenvalue weighted by Gasteiger charge is 2.46. The number of Topliss-reactive ketones (excluding diaryl/α,β-unsaturated/α-hetero) is 1. The van der Waals surface area contributed by atoms with Gasteiger partial charge in [-0.25, -0.2) is 4.98 Å². The number of nitrogens with zero attached hydrogens (tertiary/aromatic N) is 4. The lowest BCUT2D eigenvalue weighted by atomic mass is 9.96. The number of benzene rings is 1. The number of amides is 1. The number of carbonyl (C=O) groups excluding carboxylic acids is 2. The van der Waals surface area contributed by atoms with Crippen molar-refractivity contribution in [3.05, 3.63) is 70.7 Å². The van der Waals surface area contributed by atoms with Gasteiger partial charge >= 0.3 is 0 Å². The molecule has 1 saturated heterocycles. The van der Waals surface area contributed by atoms with Crippen molar-refractivity contribution >= 4 is 23.1 Å². The van der Waals surface area contributed by atoms with E-state index < -0.39 is 17.7 Å². The molecule has 0 spiro atoms. The van der Waals surface area contributed by atoms with Crippen LogP contribution >= 0.6 is 0 Å². The third-order valence-corrected chi connectivity index (χ3v) is 7.83. The van der Waals surface area contributed by atoms with Crippen molar-refractivity contribution in [3.8, 4) is 5.75 Å². The molecule has 0 aliphatic carbocycles. The molecule has 1 aliphatic heterocycles. The molecule has 8 nitrogen and oxygen atoms in total. The first-order valence-corrected chi connectivity index (χ1v) is 14.5. The molecular weight excluding hydrogens is 504 g/mol. The van der Waals surface area contributed by atoms with E-state index in [9.17, 15) is 14.7 Å². The summed E-state index contributed by atoms with van der Waals surface area (Å²) in [6.45, 7) is 13.9. The van der Waals surface area contributed by atoms with Gasteiger partial charge in [0, 0.05) is 12.7 Å². The van der Waals surface area contributed by atoms with Crippen molar-refractivity contribution in [1.82, 2.24) is 19.2 Å². The lowest BCUT2D eigenvalue weighted by molar-refractivity contribution is -0.140. The fraction of sp³-hybridized carbons (Fsp3) is 0.469. The molecule has 1 aliphatic rings. The Bertz CT molecular complexity index is 1370. The van der Waals surface area contributed by atoms with Crippen LogP contribution in [0.15, 0.2) is 48.2 Å². The Kier molecular flexibility index (Phi) is 9.63. The summed E-state index contributed by atoms with van der Waals surface area (Å²) in [4.78, 5) is 35.5. The van der Waals surface area contributed by atoms with Crippen molar-refractivity contribution in [2.24, 2.45) is 0 Å². The molecule has 1 fully saturated rings. The maximum atomic E-state index is 13.5. The van der Waals surface area contributed by atoms with Gasteiger partial charge in [0.15, 0.2) is 5.76 Å². The first-order chi connectivity index (χ1) is 19.3. The summed E-state index contributed by atoms with van der Waals surface area (Å²) in [5.41, 5.74) is 3.51. The number of ketones is 1. The lowest BCUT2D eigenvalue weighted by Crippen LogP contribution is -2.33. The van der Waals surface area contributed by atoms with E-state index in [1.54, 1.807) is 4.90 Å². The van der Waals surface area contributed by atoms with E-state index in [-0.39, 0.29) is 11.3 Å². The van der Waals surface area contributed by atoms with Gasteiger partial charge in [0.1, 0.15) is 17.1 Å². The first kappa shape index (κ1) is 29.3. The zero-order valence-corrected chi connectivity index (χ0v) is 24.4. The van der Waals surface area contributed by atoms with Crippen LogP contribution in [0.3, 0.4) is 0 Å². The molecule has 3 aromatic rings. The van der Waals surface area contributed by atoms with E-state index in [4.69, 9.17) is 4.74 Å². The van der Waals surface area contributed by atoms with E-state index in [0.29, 0.717) is 30.2 Å². The van der Waals surface area contributed by atoms with Crippen molar-refractivity contribution in [3.63, 3.8) is 0 Å². The molecule has 40 heavy (non-hydrogen) atoms. The van der Waals surface area contributed by atoms with Crippen LogP contribution in [0.25, 0.3) is 11.4 Å². The fourth-order valence-corrected chi connectivity index (χ4v) is 5.42. The van der Waals surface area contributed by atoms with Crippen LogP contribution in [0, 0.1) is 13.8 Å². The van der Waals surface area contributed by atoms with Gasteiger partial charge in [0.25, 0.3) is 11.7 Å². The Hall–Kier alpha value is -3.65. The number of likely N-dealkylation sites (tertiary alicyclic amines) is 1. The minimum absolute atomic E-state index is 0.0774. The smallest absolute Gasteiger partial charge is 0.295 e. The largest absolute Gasteiger partial charge is 0.505 e. The maximum absolute atomic E-state index is 13.5. The van der Waals surface area contributed by atoms with Crippen LogP contribution in [-0.2, 0) is 9.59 Å². The SMILES string of the molecule is CCCCCOc1ccc(C2/C(=C(\O)c3nc4c(C)cccn4c3C)C(=O)C(=O)N2CCCN(CC)CC)cc1. The third kappa shape index (κ3) is 5.92. The number of rotatable bonds is 13. The quantitative estimate of drug-likeness (QED) is 0.129. The van der Waals surface area contributed by atoms with Gasteiger partial charge in [0.05, 0.1) is 23.9 Å². The summed E-state index contributed by atoms with van der Waals surface area (Å²) in [5.74, 6) is -0.776. The summed E-state index contributed by atoms with van der Waals surface area (Å²) in [6.07, 6.45) is 5.82. The van der Waals surface area contributed by atoms with Crippen molar-refractivity contribution < 1.29 is 19.4 Å². The molecule has 1 N–H and O–H groups in total. The summed E-state index contributed by atoms with van der Waals surface area (Å²) in [5, 5.41) is 11.6. The zero-order chi connectivity index (χ0) is 28.8. The monoisotopic (exact) mass is 546 g/mol. The van der Waals surface area contributed by atoms with Gasteiger partial charge in [-0.2, -0.15) is 0 Å². The highest BCUT2D eigenvalue weighted by molar-refractivity contribution is 6.46. The molecule has 1 atom stereocenters. The normalized spacial score (nSPS) is 16.9. The number of imidazole rings is 1. The molecule has 1 amide bonds. The van der Waals surface area contributed by atoms with Crippen molar-refractivity contribution in [1.29, 1.82) is 0 Å². The van der Waals surface area contributed by atoms with Gasteiger partial charge in [-0.1, -0.05) is 51.8 Å². The predicted octanol–water partition coefficient (Wildman–Crippen LogP) is 5.67. The highest BCUT2D eigenvalue weighted by atomic mass is 16.5. The number of hydrogen-bond donors (Lipinski definition) is 1. The zero-order valence-electron chi connectivity index (χ0n) is 24.4. The molecular formula is C32H42N4O4. The van der Waals surface area contributed by atoms with Gasteiger partial charge < -0.3 is 24.0 Å². The first-order valence-electron chi connectivity index (χ1n) is 14.5. The molecule has 0 bridgehead atoms. The van der Waals surface area contributed by atoms with Gasteiger partial charge in [0.2, 0.25) is 0 Å². The van der Waals surface area contributed by atoms with Crippen LogP contribution in [0.4, 0.5) is 0 Å². The minimum Gasteiger partial charge on any atom is -0.505 e. The second kappa shape index (κ2) is 13.1. The number of aromatic nitrogens is 2. The topological polar surface area (TPSA) is 87.4 Å². The lowest BCUT2D eigenvalue weighted by Gasteiger charge is -2.27. The van der Waals surface area contributed by atoms with E-state index in [2.05, 4.69) is 30.7 Å². The number of fused-ring (bicyclic) bond motifs is 1. The highest BCUT2D eigenvalue weighted by Crippen LogP contribution is 2.40. The summed E-state index contributed by atoms with van der Waals surface area (Å²) < 4.78 is 7.78. The maximum Gasteiger partial charge on any atom is 0.295 e. The third-order valence-electron chi connectivity index (χ3n) is 7.83. The Balaban J connectivity index is 1.73. The van der Waals surface area contributed by atoms with E-state index >= 15 is 0 Å². The number of carbonyl (C=O) groups is 2. The molecule has 2 aromatic heterocycles. The average Bonchev–Trinajstić information content (AvgIpc) is 3.43. The number of aliphatic hydroxyl groups is 1. The number of ether oxygens (including phenoxy) is 1. The van der Waals surface area contributed by atoms with Gasteiger partial charge in [-0.15, -0.1) is 0 Å². The fourth-order valence-electron chi connectivity index (χ4n) is 5.42. The van der Waals surface area contributed by atoms with Crippen LogP contribution in [0.5, 0.6) is 5.75 Å². The summed E-state index contributed by atoms with van der Waals surface area (Å²) in [7, 11) is 0. The second-order valence-corrected chi connectivity index (χ2v) is 10.4. The minimum atomic E-state index is -0.712. The number of pyridine rings is 1. The standard InChI is InChI=1S/C32H42N4O4/c1-6-9-10-21-40-25-16-14-24(15-17-25)28-26(30(38)32(39)36(28)20-12-18-34(7-2)8-3)29(37)27-23(5)35-19-11-13-22(4)31(35)33-27/h11,13-17,19,28,37H,6-10,12,18,20-21H2,1-5H3/b29-26+. The molecule has 1 aromatic carbocycles. The van der Waals surface area contributed by atoms with E-state index in [1.165, 1.54) is 0 Å². The molecule has 3 heterocycles. The molecule has 8 heteroatoms. The second-order valence-electron chi connectivity index (χ2n) is 10.4. The van der Waals surface area contributed by atoms with Gasteiger partial charge in [-0.05, 0) is 75.6 Å². The number of aliphatic hydroxyl groups excluding tert-OH is 1. The van der Waals surface area contributed by atoms with Crippen LogP contribution in [-0.4, -0.2) is 68.8 Å². The number of hydrogen-bond acceptors (Lipinski definition) is 6. The van der Waals surface area contributed by atoms with Crippen LogP contribution in [0.1, 0.15) is 75.0 Å². The summed E-state index contributed by atoms with van der Waals surface area (Å²) >= 11 is 0. The van der Waals surface area contributed by atoms with Gasteiger partial charge in [-0.3, -0.25) is 9.59 Å². The Labute approximate surface area is 237 Å². The molecule has 0 radical (unpaired) electrons. The van der Waals surface area contributed by atoms with Crippen LogP contribution < -0.4 is 4.74 Å². The predicted molar refractivity (Wildman–Crippen MR) is 158 cm³/mol. The summed E-state index contributed by atoms with van der Waals surface area (Å²) in [6, 6.07) is 10.7. The molecule has 214 valence electrons. The Morgan fingerprint density at radius 3 is 2.40 bits per heavy atom. The molecule has 4 rings (SSSR count). The Morgan fingerprint density at radius 1 is 1.02 bits per heavy atom. The molecule has 0 saturated carbocycles. The average molecular weight is 547 g/mol. The number of unbranched alkanes of at least 4 members (excludes halogenated alkanes) is 2. The van der Waals surface area contributed by atoms with E-state index in [0.717, 1.165) is 62.2 Å². The Morgan fingerprint density at radius 2 is 1.75 bits per heavy atom.